The van der Waals surface area contributed by atoms with Crippen LogP contribution in [0.25, 0.3) is 0 Å². The molecule has 1 atom stereocenters. The van der Waals surface area contributed by atoms with Crippen molar-refractivity contribution < 1.29 is 13.2 Å². The van der Waals surface area contributed by atoms with Crippen LogP contribution in [0.1, 0.15) is 24.0 Å². The third-order valence-electron chi connectivity index (χ3n) is 4.07. The van der Waals surface area contributed by atoms with Crippen molar-refractivity contribution in [1.82, 2.24) is 9.62 Å². The summed E-state index contributed by atoms with van der Waals surface area (Å²) in [5.41, 5.74) is 2.11. The van der Waals surface area contributed by atoms with Gasteiger partial charge in [0, 0.05) is 13.6 Å². The number of hydrogen-bond donors (Lipinski definition) is 1. The standard InChI is InChI=1S/C19H24N2O3S/c1-15-9-11-18(12-10-15)25(23,24)21(3)14-19(22)20-13-16(2)17-7-5-4-6-8-17/h4-12,16H,13-14H2,1-3H3,(H,20,22)/t16-/m0/s1. The first-order valence-electron chi connectivity index (χ1n) is 8.15. The summed E-state index contributed by atoms with van der Waals surface area (Å²) in [6.45, 7) is 4.16. The van der Waals surface area contributed by atoms with Crippen molar-refractivity contribution in [2.24, 2.45) is 0 Å². The average Bonchev–Trinajstić information content (AvgIpc) is 2.60. The van der Waals surface area contributed by atoms with Gasteiger partial charge in [-0.1, -0.05) is 55.0 Å². The lowest BCUT2D eigenvalue weighted by atomic mass is 10.0. The Kier molecular flexibility index (Phi) is 6.33. The maximum Gasteiger partial charge on any atom is 0.243 e. The molecule has 0 aliphatic heterocycles. The quantitative estimate of drug-likeness (QED) is 0.825. The van der Waals surface area contributed by atoms with Crippen molar-refractivity contribution in [3.8, 4) is 0 Å². The number of hydrogen-bond acceptors (Lipinski definition) is 3. The molecule has 0 aromatic heterocycles. The number of nitrogens with zero attached hydrogens (tertiary/aromatic N) is 1. The number of sulfonamides is 1. The van der Waals surface area contributed by atoms with Gasteiger partial charge < -0.3 is 5.32 Å². The zero-order chi connectivity index (χ0) is 18.4. The summed E-state index contributed by atoms with van der Waals surface area (Å²) in [5.74, 6) is -0.162. The van der Waals surface area contributed by atoms with Crippen molar-refractivity contribution in [3.05, 3.63) is 65.7 Å². The maximum absolute atomic E-state index is 12.5. The monoisotopic (exact) mass is 360 g/mol. The Morgan fingerprint density at radius 1 is 1.08 bits per heavy atom. The second-order valence-corrected chi connectivity index (χ2v) is 8.23. The second kappa shape index (κ2) is 8.27. The Hall–Kier alpha value is -2.18. The van der Waals surface area contributed by atoms with Gasteiger partial charge in [0.25, 0.3) is 0 Å². The molecule has 0 saturated carbocycles. The van der Waals surface area contributed by atoms with Crippen LogP contribution in [0.2, 0.25) is 0 Å². The Morgan fingerprint density at radius 3 is 2.28 bits per heavy atom. The number of carbonyl (C=O) groups is 1. The minimum absolute atomic E-state index is 0.157. The molecule has 25 heavy (non-hydrogen) atoms. The largest absolute Gasteiger partial charge is 0.354 e. The average molecular weight is 360 g/mol. The van der Waals surface area contributed by atoms with Crippen LogP contribution < -0.4 is 5.32 Å². The molecular weight excluding hydrogens is 336 g/mol. The lowest BCUT2D eigenvalue weighted by Crippen LogP contribution is -2.39. The summed E-state index contributed by atoms with van der Waals surface area (Å²) >= 11 is 0. The summed E-state index contributed by atoms with van der Waals surface area (Å²) in [6.07, 6.45) is 0. The van der Waals surface area contributed by atoms with Gasteiger partial charge in [-0.2, -0.15) is 4.31 Å². The second-order valence-electron chi connectivity index (χ2n) is 6.19. The molecule has 0 bridgehead atoms. The fourth-order valence-corrected chi connectivity index (χ4v) is 3.53. The molecule has 1 amide bonds. The molecule has 0 aliphatic carbocycles. The molecule has 6 heteroatoms. The van der Waals surface area contributed by atoms with Gasteiger partial charge >= 0.3 is 0 Å². The molecule has 0 fully saturated rings. The maximum atomic E-state index is 12.5. The highest BCUT2D eigenvalue weighted by molar-refractivity contribution is 7.89. The summed E-state index contributed by atoms with van der Waals surface area (Å²) in [4.78, 5) is 12.3. The first-order chi connectivity index (χ1) is 11.8. The van der Waals surface area contributed by atoms with E-state index >= 15 is 0 Å². The van der Waals surface area contributed by atoms with Crippen LogP contribution in [-0.2, 0) is 14.8 Å². The van der Waals surface area contributed by atoms with E-state index in [0.717, 1.165) is 15.4 Å². The Labute approximate surface area is 149 Å². The van der Waals surface area contributed by atoms with Crippen LogP contribution >= 0.6 is 0 Å². The molecule has 2 rings (SSSR count). The molecule has 0 spiro atoms. The predicted octanol–water partition coefficient (Wildman–Crippen LogP) is 2.54. The fourth-order valence-electron chi connectivity index (χ4n) is 2.40. The minimum Gasteiger partial charge on any atom is -0.354 e. The number of aryl methyl sites for hydroxylation is 1. The van der Waals surface area contributed by atoms with Gasteiger partial charge in [-0.25, -0.2) is 8.42 Å². The smallest absolute Gasteiger partial charge is 0.243 e. The summed E-state index contributed by atoms with van der Waals surface area (Å²) in [7, 11) is -2.26. The molecule has 5 nitrogen and oxygen atoms in total. The predicted molar refractivity (Wildman–Crippen MR) is 98.9 cm³/mol. The van der Waals surface area contributed by atoms with E-state index in [1.165, 1.54) is 7.05 Å². The van der Waals surface area contributed by atoms with Gasteiger partial charge in [-0.3, -0.25) is 4.79 Å². The van der Waals surface area contributed by atoms with Crippen LogP contribution in [0.5, 0.6) is 0 Å². The SMILES string of the molecule is Cc1ccc(S(=O)(=O)N(C)CC(=O)NC[C@H](C)c2ccccc2)cc1. The first-order valence-corrected chi connectivity index (χ1v) is 9.59. The van der Waals surface area contributed by atoms with E-state index in [1.54, 1.807) is 24.3 Å². The lowest BCUT2D eigenvalue weighted by molar-refractivity contribution is -0.121. The van der Waals surface area contributed by atoms with Gasteiger partial charge in [0.2, 0.25) is 15.9 Å². The molecule has 0 saturated heterocycles. The first kappa shape index (κ1) is 19.1. The number of rotatable bonds is 7. The highest BCUT2D eigenvalue weighted by Crippen LogP contribution is 2.15. The number of benzene rings is 2. The van der Waals surface area contributed by atoms with Gasteiger partial charge in [0.05, 0.1) is 11.4 Å². The molecule has 0 unspecified atom stereocenters. The Morgan fingerprint density at radius 2 is 1.68 bits per heavy atom. The minimum atomic E-state index is -3.67. The van der Waals surface area contributed by atoms with Crippen LogP contribution in [0.15, 0.2) is 59.5 Å². The fraction of sp³-hybridized carbons (Fsp3) is 0.316. The van der Waals surface area contributed by atoms with E-state index in [-0.39, 0.29) is 23.3 Å². The zero-order valence-corrected chi connectivity index (χ0v) is 15.6. The third-order valence-corrected chi connectivity index (χ3v) is 5.89. The molecule has 134 valence electrons. The Bertz CT molecular complexity index is 802. The topological polar surface area (TPSA) is 66.5 Å². The summed E-state index contributed by atoms with van der Waals surface area (Å²) in [6, 6.07) is 16.4. The molecule has 0 radical (unpaired) electrons. The van der Waals surface area contributed by atoms with Gasteiger partial charge in [-0.15, -0.1) is 0 Å². The molecule has 0 aliphatic rings. The Balaban J connectivity index is 1.92. The van der Waals surface area contributed by atoms with E-state index in [2.05, 4.69) is 5.32 Å². The van der Waals surface area contributed by atoms with E-state index in [9.17, 15) is 13.2 Å². The highest BCUT2D eigenvalue weighted by Gasteiger charge is 2.22. The van der Waals surface area contributed by atoms with Crippen molar-refractivity contribution in [2.45, 2.75) is 24.7 Å². The normalized spacial score (nSPS) is 12.8. The number of amides is 1. The van der Waals surface area contributed by atoms with Gasteiger partial charge in [-0.05, 0) is 30.5 Å². The molecule has 0 heterocycles. The molecule has 2 aromatic carbocycles. The van der Waals surface area contributed by atoms with Crippen molar-refractivity contribution in [1.29, 1.82) is 0 Å². The van der Waals surface area contributed by atoms with Crippen LogP contribution in [0, 0.1) is 6.92 Å². The van der Waals surface area contributed by atoms with E-state index in [4.69, 9.17) is 0 Å². The van der Waals surface area contributed by atoms with Gasteiger partial charge in [0.1, 0.15) is 0 Å². The van der Waals surface area contributed by atoms with Crippen molar-refractivity contribution >= 4 is 15.9 Å². The third kappa shape index (κ3) is 5.14. The van der Waals surface area contributed by atoms with Crippen LogP contribution in [-0.4, -0.2) is 38.8 Å². The number of nitrogens with one attached hydrogen (secondary N) is 1. The van der Waals surface area contributed by atoms with Gasteiger partial charge in [0.15, 0.2) is 0 Å². The van der Waals surface area contributed by atoms with E-state index in [1.807, 2.05) is 44.2 Å². The van der Waals surface area contributed by atoms with Crippen LogP contribution in [0.3, 0.4) is 0 Å². The summed E-state index contributed by atoms with van der Waals surface area (Å²) < 4.78 is 26.0. The van der Waals surface area contributed by atoms with Crippen molar-refractivity contribution in [2.75, 3.05) is 20.1 Å². The van der Waals surface area contributed by atoms with Crippen molar-refractivity contribution in [3.63, 3.8) is 0 Å². The molecule has 1 N–H and O–H groups in total. The summed E-state index contributed by atoms with van der Waals surface area (Å²) in [5, 5.41) is 2.80. The molecular formula is C19H24N2O3S. The molecule has 2 aromatic rings. The number of likely N-dealkylation sites (N-methyl/N-ethyl adjacent to an activating group) is 1. The van der Waals surface area contributed by atoms with E-state index < -0.39 is 10.0 Å². The number of carbonyl (C=O) groups excluding carboxylic acids is 1. The lowest BCUT2D eigenvalue weighted by Gasteiger charge is -2.18. The van der Waals surface area contributed by atoms with Crippen LogP contribution in [0.4, 0.5) is 0 Å². The van der Waals surface area contributed by atoms with E-state index in [0.29, 0.717) is 6.54 Å². The zero-order valence-electron chi connectivity index (χ0n) is 14.8. The highest BCUT2D eigenvalue weighted by atomic mass is 32.2.